The van der Waals surface area contributed by atoms with Gasteiger partial charge in [-0.1, -0.05) is 81.4 Å². The molecule has 1 aliphatic rings. The summed E-state index contributed by atoms with van der Waals surface area (Å²) in [6, 6.07) is 19.9. The first-order chi connectivity index (χ1) is 14.7. The van der Waals surface area contributed by atoms with E-state index in [4.69, 9.17) is 18.6 Å². The monoisotopic (exact) mass is 444 g/mol. The highest BCUT2D eigenvalue weighted by Gasteiger charge is 2.47. The normalized spacial score (nSPS) is 24.5. The fourth-order valence-corrected chi connectivity index (χ4v) is 4.28. The van der Waals surface area contributed by atoms with Crippen LogP contribution in [-0.2, 0) is 31.9 Å². The molecule has 0 aliphatic carbocycles. The molecule has 2 aromatic carbocycles. The summed E-state index contributed by atoms with van der Waals surface area (Å²) in [5.74, 6) is 0. The van der Waals surface area contributed by atoms with Gasteiger partial charge in [-0.05, 0) is 29.3 Å². The molecule has 0 amide bonds. The summed E-state index contributed by atoms with van der Waals surface area (Å²) in [6.45, 7) is 12.2. The van der Waals surface area contributed by atoms with Crippen molar-refractivity contribution in [2.24, 2.45) is 0 Å². The van der Waals surface area contributed by atoms with E-state index in [1.807, 2.05) is 60.7 Å². The molecule has 6 heteroatoms. The zero-order chi connectivity index (χ0) is 22.5. The van der Waals surface area contributed by atoms with Crippen molar-refractivity contribution in [3.63, 3.8) is 0 Å². The lowest BCUT2D eigenvalue weighted by atomic mass is 10.1. The van der Waals surface area contributed by atoms with Gasteiger partial charge in [-0.15, -0.1) is 0 Å². The molecule has 0 radical (unpaired) electrons. The second-order valence-electron chi connectivity index (χ2n) is 9.66. The van der Waals surface area contributed by atoms with Gasteiger partial charge in [-0.2, -0.15) is 0 Å². The van der Waals surface area contributed by atoms with Crippen molar-refractivity contribution < 1.29 is 23.7 Å². The minimum Gasteiger partial charge on any atom is -0.414 e. The van der Waals surface area contributed by atoms with Crippen molar-refractivity contribution in [2.45, 2.75) is 76.7 Å². The summed E-state index contributed by atoms with van der Waals surface area (Å²) in [5.41, 5.74) is 2.10. The van der Waals surface area contributed by atoms with Crippen molar-refractivity contribution >= 4 is 8.32 Å². The lowest BCUT2D eigenvalue weighted by Gasteiger charge is -2.37. The molecule has 1 fully saturated rings. The summed E-state index contributed by atoms with van der Waals surface area (Å²) in [4.78, 5) is 0. The Labute approximate surface area is 187 Å². The van der Waals surface area contributed by atoms with E-state index in [9.17, 15) is 5.11 Å². The van der Waals surface area contributed by atoms with Crippen LogP contribution < -0.4 is 0 Å². The molecule has 2 unspecified atom stereocenters. The van der Waals surface area contributed by atoms with E-state index in [-0.39, 0.29) is 5.04 Å². The zero-order valence-corrected chi connectivity index (χ0v) is 20.3. The predicted octanol–water partition coefficient (Wildman–Crippen LogP) is 4.90. The predicted molar refractivity (Wildman–Crippen MR) is 124 cm³/mol. The Hall–Kier alpha value is -1.54. The van der Waals surface area contributed by atoms with Gasteiger partial charge in [0.25, 0.3) is 0 Å². The van der Waals surface area contributed by atoms with Crippen LogP contribution in [0.4, 0.5) is 0 Å². The van der Waals surface area contributed by atoms with Crippen molar-refractivity contribution in [1.29, 1.82) is 0 Å². The summed E-state index contributed by atoms with van der Waals surface area (Å²) >= 11 is 0. The Kier molecular flexibility index (Phi) is 8.07. The maximum Gasteiger partial charge on any atom is 0.192 e. The fraction of sp³-hybridized carbons (Fsp3) is 0.520. The van der Waals surface area contributed by atoms with Gasteiger partial charge >= 0.3 is 0 Å². The van der Waals surface area contributed by atoms with Crippen molar-refractivity contribution in [2.75, 3.05) is 6.61 Å². The van der Waals surface area contributed by atoms with E-state index in [0.29, 0.717) is 19.8 Å². The van der Waals surface area contributed by atoms with Gasteiger partial charge in [0, 0.05) is 0 Å². The van der Waals surface area contributed by atoms with Gasteiger partial charge in [0.2, 0.25) is 0 Å². The zero-order valence-electron chi connectivity index (χ0n) is 19.3. The molecule has 1 N–H and O–H groups in total. The van der Waals surface area contributed by atoms with Gasteiger partial charge < -0.3 is 23.7 Å². The van der Waals surface area contributed by atoms with Gasteiger partial charge in [0.1, 0.15) is 18.3 Å². The number of hydrogen-bond acceptors (Lipinski definition) is 5. The van der Waals surface area contributed by atoms with Crippen LogP contribution in [0.2, 0.25) is 18.1 Å². The molecule has 0 bridgehead atoms. The average molecular weight is 445 g/mol. The van der Waals surface area contributed by atoms with Crippen LogP contribution in [0.5, 0.6) is 0 Å². The molecule has 1 saturated heterocycles. The van der Waals surface area contributed by atoms with Gasteiger partial charge in [-0.3, -0.25) is 0 Å². The van der Waals surface area contributed by atoms with Crippen LogP contribution in [-0.4, -0.2) is 44.6 Å². The van der Waals surface area contributed by atoms with Crippen molar-refractivity contribution in [3.05, 3.63) is 71.8 Å². The molecule has 4 atom stereocenters. The third-order valence-corrected chi connectivity index (χ3v) is 10.8. The summed E-state index contributed by atoms with van der Waals surface area (Å²) in [5, 5.41) is 10.7. The summed E-state index contributed by atoms with van der Waals surface area (Å²) in [7, 11) is -1.96. The SMILES string of the molecule is CC(C)(C)[Si](C)(C)OC[C@@H]1OC(O)C(OCc2ccccc2)[C@H]1OCc1ccccc1. The summed E-state index contributed by atoms with van der Waals surface area (Å²) < 4.78 is 24.6. The fourth-order valence-electron chi connectivity index (χ4n) is 3.26. The van der Waals surface area contributed by atoms with E-state index >= 15 is 0 Å². The summed E-state index contributed by atoms with van der Waals surface area (Å²) in [6.07, 6.45) is -2.47. The number of aliphatic hydroxyl groups is 1. The topological polar surface area (TPSA) is 57.2 Å². The highest BCUT2D eigenvalue weighted by atomic mass is 28.4. The molecule has 0 spiro atoms. The second-order valence-corrected chi connectivity index (χ2v) is 14.5. The molecule has 0 saturated carbocycles. The van der Waals surface area contributed by atoms with E-state index in [1.54, 1.807) is 0 Å². The Morgan fingerprint density at radius 3 is 1.81 bits per heavy atom. The van der Waals surface area contributed by atoms with Crippen LogP contribution in [0.1, 0.15) is 31.9 Å². The van der Waals surface area contributed by atoms with Crippen LogP contribution in [0, 0.1) is 0 Å². The molecule has 3 rings (SSSR count). The van der Waals surface area contributed by atoms with Gasteiger partial charge in [0.05, 0.1) is 19.8 Å². The highest BCUT2D eigenvalue weighted by Crippen LogP contribution is 2.37. The van der Waals surface area contributed by atoms with Gasteiger partial charge in [0.15, 0.2) is 14.6 Å². The quantitative estimate of drug-likeness (QED) is 0.558. The maximum atomic E-state index is 10.6. The third kappa shape index (κ3) is 6.48. The molecule has 31 heavy (non-hydrogen) atoms. The van der Waals surface area contributed by atoms with Crippen molar-refractivity contribution in [1.82, 2.24) is 0 Å². The van der Waals surface area contributed by atoms with Crippen LogP contribution in [0.15, 0.2) is 60.7 Å². The molecular weight excluding hydrogens is 408 g/mol. The molecule has 0 aromatic heterocycles. The van der Waals surface area contributed by atoms with E-state index < -0.39 is 32.9 Å². The first-order valence-electron chi connectivity index (χ1n) is 11.0. The molecule has 170 valence electrons. The minimum absolute atomic E-state index is 0.0911. The molecular formula is C25H36O5Si. The number of aliphatic hydroxyl groups excluding tert-OH is 1. The number of benzene rings is 2. The Morgan fingerprint density at radius 1 is 0.839 bits per heavy atom. The molecule has 2 aromatic rings. The van der Waals surface area contributed by atoms with Gasteiger partial charge in [-0.25, -0.2) is 0 Å². The highest BCUT2D eigenvalue weighted by molar-refractivity contribution is 6.74. The first-order valence-corrected chi connectivity index (χ1v) is 13.9. The maximum absolute atomic E-state index is 10.6. The van der Waals surface area contributed by atoms with Crippen LogP contribution >= 0.6 is 0 Å². The minimum atomic E-state index is -1.96. The number of hydrogen-bond donors (Lipinski definition) is 1. The number of ether oxygens (including phenoxy) is 3. The molecule has 1 heterocycles. The molecule has 5 nitrogen and oxygen atoms in total. The standard InChI is InChI=1S/C25H36O5Si/c1-25(2,3)31(4,5)29-18-21-22(27-16-19-12-8-6-9-13-19)23(24(26)30-21)28-17-20-14-10-7-11-15-20/h6-15,21-24,26H,16-18H2,1-5H3/t21-,22-,23?,24?/m0/s1. The van der Waals surface area contributed by atoms with Crippen molar-refractivity contribution in [3.8, 4) is 0 Å². The Balaban J connectivity index is 1.70. The lowest BCUT2D eigenvalue weighted by Crippen LogP contribution is -2.45. The second kappa shape index (κ2) is 10.4. The van der Waals surface area contributed by atoms with E-state index in [0.717, 1.165) is 11.1 Å². The first kappa shape index (κ1) is 24.1. The van der Waals surface area contributed by atoms with E-state index in [2.05, 4.69) is 33.9 Å². The smallest absolute Gasteiger partial charge is 0.192 e. The number of rotatable bonds is 9. The Bertz CT molecular complexity index is 791. The third-order valence-electron chi connectivity index (χ3n) is 6.27. The average Bonchev–Trinajstić information content (AvgIpc) is 3.04. The Morgan fingerprint density at radius 2 is 1.32 bits per heavy atom. The van der Waals surface area contributed by atoms with E-state index in [1.165, 1.54) is 0 Å². The van der Waals surface area contributed by atoms with Crippen LogP contribution in [0.25, 0.3) is 0 Å². The lowest BCUT2D eigenvalue weighted by molar-refractivity contribution is -0.151. The van der Waals surface area contributed by atoms with Crippen LogP contribution in [0.3, 0.4) is 0 Å². The molecule has 1 aliphatic heterocycles. The largest absolute Gasteiger partial charge is 0.414 e.